The van der Waals surface area contributed by atoms with Gasteiger partial charge < -0.3 is 0 Å². The van der Waals surface area contributed by atoms with Gasteiger partial charge in [0.15, 0.2) is 5.69 Å². The third-order valence-electron chi connectivity index (χ3n) is 2.39. The van der Waals surface area contributed by atoms with Gasteiger partial charge in [-0.05, 0) is 0 Å². The van der Waals surface area contributed by atoms with Crippen molar-refractivity contribution >= 4 is 5.69 Å². The van der Waals surface area contributed by atoms with Crippen molar-refractivity contribution in [3.8, 4) is 0 Å². The van der Waals surface area contributed by atoms with Gasteiger partial charge in [0, 0.05) is 26.2 Å². The minimum Gasteiger partial charge on any atom is -0.217 e. The van der Waals surface area contributed by atoms with Crippen LogP contribution in [0.2, 0.25) is 0 Å². The maximum atomic E-state index is 2.16. The summed E-state index contributed by atoms with van der Waals surface area (Å²) in [5.74, 6) is 0. The molecule has 0 spiro atoms. The first-order valence-electron chi connectivity index (χ1n) is 4.12. The summed E-state index contributed by atoms with van der Waals surface area (Å²) >= 11 is 0. The van der Waals surface area contributed by atoms with Crippen LogP contribution in [-0.4, -0.2) is 33.2 Å². The van der Waals surface area contributed by atoms with E-state index in [1.165, 1.54) is 5.69 Å². The van der Waals surface area contributed by atoms with E-state index in [-0.39, 0.29) is 0 Å². The van der Waals surface area contributed by atoms with Crippen LogP contribution in [0.1, 0.15) is 0 Å². The number of para-hydroxylation sites is 1. The van der Waals surface area contributed by atoms with E-state index < -0.39 is 0 Å². The van der Waals surface area contributed by atoms with Gasteiger partial charge in [0.25, 0.3) is 0 Å². The SMILES string of the molecule is CN(C)[N+](C)(C)c1ccccc1. The Kier molecular flexibility index (Phi) is 2.50. The molecular weight excluding hydrogens is 148 g/mol. The molecule has 0 atom stereocenters. The van der Waals surface area contributed by atoms with Gasteiger partial charge in [0.1, 0.15) is 0 Å². The highest BCUT2D eigenvalue weighted by atomic mass is 15.7. The van der Waals surface area contributed by atoms with E-state index in [4.69, 9.17) is 0 Å². The number of quaternary nitrogens is 1. The van der Waals surface area contributed by atoms with Crippen molar-refractivity contribution in [3.05, 3.63) is 30.3 Å². The van der Waals surface area contributed by atoms with E-state index in [1.54, 1.807) is 0 Å². The third-order valence-corrected chi connectivity index (χ3v) is 2.39. The second-order valence-electron chi connectivity index (χ2n) is 3.58. The van der Waals surface area contributed by atoms with Crippen molar-refractivity contribution in [1.29, 1.82) is 0 Å². The molecule has 2 nitrogen and oxygen atoms in total. The fourth-order valence-corrected chi connectivity index (χ4v) is 1.02. The zero-order valence-corrected chi connectivity index (χ0v) is 8.28. The van der Waals surface area contributed by atoms with E-state index in [2.05, 4.69) is 57.5 Å². The molecule has 0 aliphatic carbocycles. The quantitative estimate of drug-likeness (QED) is 0.476. The number of hydrogen-bond donors (Lipinski definition) is 0. The van der Waals surface area contributed by atoms with Crippen molar-refractivity contribution in [2.45, 2.75) is 0 Å². The Morgan fingerprint density at radius 1 is 1.00 bits per heavy atom. The first-order valence-corrected chi connectivity index (χ1v) is 4.12. The monoisotopic (exact) mass is 165 g/mol. The van der Waals surface area contributed by atoms with Gasteiger partial charge in [-0.1, -0.05) is 18.2 Å². The Morgan fingerprint density at radius 2 is 1.50 bits per heavy atom. The molecule has 0 radical (unpaired) electrons. The Morgan fingerprint density at radius 3 is 1.92 bits per heavy atom. The third kappa shape index (κ3) is 1.65. The Balaban J connectivity index is 2.98. The molecule has 0 bridgehead atoms. The first kappa shape index (κ1) is 9.23. The van der Waals surface area contributed by atoms with Crippen LogP contribution in [0.4, 0.5) is 5.69 Å². The molecular formula is C10H17N2+. The molecule has 0 amide bonds. The topological polar surface area (TPSA) is 3.24 Å². The molecule has 1 aromatic carbocycles. The van der Waals surface area contributed by atoms with Crippen LogP contribution in [0.15, 0.2) is 30.3 Å². The lowest BCUT2D eigenvalue weighted by molar-refractivity contribution is 0.0942. The fourth-order valence-electron chi connectivity index (χ4n) is 1.02. The van der Waals surface area contributed by atoms with Gasteiger partial charge in [-0.3, -0.25) is 0 Å². The minimum atomic E-state index is 0.779. The Bertz CT molecular complexity index is 239. The highest BCUT2D eigenvalue weighted by molar-refractivity contribution is 5.39. The van der Waals surface area contributed by atoms with E-state index >= 15 is 0 Å². The van der Waals surface area contributed by atoms with Crippen molar-refractivity contribution in [2.24, 2.45) is 0 Å². The molecule has 66 valence electrons. The summed E-state index contributed by atoms with van der Waals surface area (Å²) in [6.45, 7) is 0. The zero-order chi connectivity index (χ0) is 9.19. The standard InChI is InChI=1S/C10H17N2/c1-11(2)12(3,4)10-8-6-5-7-9-10/h5-9H,1-4H3/q+1. The number of nitrogens with zero attached hydrogens (tertiary/aromatic N) is 2. The molecule has 12 heavy (non-hydrogen) atoms. The predicted molar refractivity (Wildman–Crippen MR) is 53.8 cm³/mol. The van der Waals surface area contributed by atoms with Crippen molar-refractivity contribution in [3.63, 3.8) is 0 Å². The largest absolute Gasteiger partial charge is 0.217 e. The average molecular weight is 165 g/mol. The van der Waals surface area contributed by atoms with E-state index in [0.29, 0.717) is 0 Å². The van der Waals surface area contributed by atoms with Crippen LogP contribution in [0.3, 0.4) is 0 Å². The maximum Gasteiger partial charge on any atom is 0.151 e. The molecule has 0 fully saturated rings. The molecule has 0 saturated carbocycles. The van der Waals surface area contributed by atoms with Gasteiger partial charge in [-0.15, -0.1) is 0 Å². The summed E-state index contributed by atoms with van der Waals surface area (Å²) < 4.78 is 0.779. The smallest absolute Gasteiger partial charge is 0.151 e. The number of hydrogen-bond acceptors (Lipinski definition) is 1. The minimum absolute atomic E-state index is 0.779. The van der Waals surface area contributed by atoms with E-state index in [0.717, 1.165) is 4.59 Å². The summed E-state index contributed by atoms with van der Waals surface area (Å²) in [6.07, 6.45) is 0. The Labute approximate surface area is 74.6 Å². The molecule has 0 aliphatic heterocycles. The molecule has 0 aromatic heterocycles. The van der Waals surface area contributed by atoms with Gasteiger partial charge in [0.05, 0.1) is 14.1 Å². The normalized spacial score (nSPS) is 12.1. The average Bonchev–Trinajstić information content (AvgIpc) is 2.06. The molecule has 1 rings (SSSR count). The lowest BCUT2D eigenvalue weighted by atomic mass is 10.3. The van der Waals surface area contributed by atoms with Crippen molar-refractivity contribution in [2.75, 3.05) is 28.2 Å². The van der Waals surface area contributed by atoms with Crippen molar-refractivity contribution in [1.82, 2.24) is 9.60 Å². The molecule has 1 aromatic rings. The Hall–Kier alpha value is -0.860. The summed E-state index contributed by atoms with van der Waals surface area (Å²) in [7, 11) is 8.48. The lowest BCUT2D eigenvalue weighted by Crippen LogP contribution is -2.51. The highest BCUT2D eigenvalue weighted by Crippen LogP contribution is 2.18. The molecule has 0 unspecified atom stereocenters. The molecule has 0 saturated heterocycles. The van der Waals surface area contributed by atoms with Gasteiger partial charge in [0.2, 0.25) is 0 Å². The predicted octanol–water partition coefficient (Wildman–Crippen LogP) is 1.73. The molecule has 0 heterocycles. The molecule has 0 aliphatic rings. The molecule has 0 N–H and O–H groups in total. The van der Waals surface area contributed by atoms with Crippen LogP contribution in [0.25, 0.3) is 0 Å². The van der Waals surface area contributed by atoms with Gasteiger partial charge in [-0.2, -0.15) is 5.01 Å². The van der Waals surface area contributed by atoms with Gasteiger partial charge in [-0.25, -0.2) is 4.59 Å². The number of rotatable bonds is 2. The van der Waals surface area contributed by atoms with Crippen LogP contribution in [0, 0.1) is 0 Å². The van der Waals surface area contributed by atoms with E-state index in [9.17, 15) is 0 Å². The maximum absolute atomic E-state index is 2.16. The van der Waals surface area contributed by atoms with Crippen molar-refractivity contribution < 1.29 is 0 Å². The lowest BCUT2D eigenvalue weighted by Gasteiger charge is -2.34. The second-order valence-corrected chi connectivity index (χ2v) is 3.58. The van der Waals surface area contributed by atoms with E-state index in [1.807, 2.05) is 6.07 Å². The van der Waals surface area contributed by atoms with Crippen LogP contribution < -0.4 is 4.59 Å². The van der Waals surface area contributed by atoms with Gasteiger partial charge >= 0.3 is 0 Å². The first-order chi connectivity index (χ1) is 5.55. The van der Waals surface area contributed by atoms with Crippen LogP contribution in [0.5, 0.6) is 0 Å². The molecule has 2 heteroatoms. The van der Waals surface area contributed by atoms with Crippen LogP contribution in [-0.2, 0) is 0 Å². The summed E-state index contributed by atoms with van der Waals surface area (Å²) in [4.78, 5) is 0. The highest BCUT2D eigenvalue weighted by Gasteiger charge is 2.20. The van der Waals surface area contributed by atoms with Crippen LogP contribution >= 0.6 is 0 Å². The number of benzene rings is 1. The summed E-state index contributed by atoms with van der Waals surface area (Å²) in [5, 5.41) is 2.16. The summed E-state index contributed by atoms with van der Waals surface area (Å²) in [6, 6.07) is 10.5. The summed E-state index contributed by atoms with van der Waals surface area (Å²) in [5.41, 5.74) is 1.29. The second kappa shape index (κ2) is 3.25. The fraction of sp³-hybridized carbons (Fsp3) is 0.400. The zero-order valence-electron chi connectivity index (χ0n) is 8.28.